The number of anilines is 1. The molecule has 1 aliphatic heterocycles. The lowest BCUT2D eigenvalue weighted by Crippen LogP contribution is -2.42. The predicted octanol–water partition coefficient (Wildman–Crippen LogP) is 3.90. The molecule has 1 aliphatic rings. The van der Waals surface area contributed by atoms with Crippen molar-refractivity contribution in [1.82, 2.24) is 25.6 Å². The van der Waals surface area contributed by atoms with E-state index in [1.807, 2.05) is 94.8 Å². The first-order valence-corrected chi connectivity index (χ1v) is 14.0. The lowest BCUT2D eigenvalue weighted by molar-refractivity contribution is -0.124. The minimum atomic E-state index is -0.593. The van der Waals surface area contributed by atoms with E-state index in [0.29, 0.717) is 31.8 Å². The Labute approximate surface area is 241 Å². The Balaban J connectivity index is 1.74. The fourth-order valence-electron chi connectivity index (χ4n) is 4.81. The molecule has 1 aromatic heterocycles. The minimum Gasteiger partial charge on any atom is -0.371 e. The number of nitrogens with one attached hydrogen (secondary N) is 2. The standard InChI is InChI=1S/C31H40N6O4/c1-21(2)29(40)33-16-15-26(39)36-17-22-11-7-8-12-23(22)28-27(24-13-9-10-14-25(24)36)34-35-37(28)30(3,4)19-41-31(5,6)18-32-20-38/h7-14,20-21H,15-19H2,1-6H3,(H,32,38)(H,33,40). The Bertz CT molecular complexity index is 1410. The maximum atomic E-state index is 13.6. The summed E-state index contributed by atoms with van der Waals surface area (Å²) in [7, 11) is 0. The van der Waals surface area contributed by atoms with E-state index in [4.69, 9.17) is 4.74 Å². The number of hydrogen-bond acceptors (Lipinski definition) is 6. The van der Waals surface area contributed by atoms with Crippen LogP contribution < -0.4 is 15.5 Å². The number of carbonyl (C=O) groups excluding carboxylic acids is 3. The van der Waals surface area contributed by atoms with E-state index in [2.05, 4.69) is 20.9 Å². The normalized spacial score (nSPS) is 13.0. The lowest BCUT2D eigenvalue weighted by Gasteiger charge is -2.33. The number of hydrogen-bond donors (Lipinski definition) is 2. The molecule has 0 spiro atoms. The number of aromatic nitrogens is 3. The third kappa shape index (κ3) is 6.65. The quantitative estimate of drug-likeness (QED) is 0.344. The van der Waals surface area contributed by atoms with E-state index in [-0.39, 0.29) is 30.7 Å². The van der Waals surface area contributed by atoms with Gasteiger partial charge in [-0.05, 0) is 39.3 Å². The second-order valence-corrected chi connectivity index (χ2v) is 11.9. The van der Waals surface area contributed by atoms with Crippen molar-refractivity contribution >= 4 is 23.9 Å². The van der Waals surface area contributed by atoms with Crippen molar-refractivity contribution in [3.05, 3.63) is 54.1 Å². The van der Waals surface area contributed by atoms with E-state index < -0.39 is 11.1 Å². The molecule has 10 heteroatoms. The fourth-order valence-corrected chi connectivity index (χ4v) is 4.81. The molecule has 10 nitrogen and oxygen atoms in total. The SMILES string of the molecule is CC(C)C(=O)NCCC(=O)N1Cc2ccccc2-c2c(nnn2C(C)(C)COC(C)(C)CNC=O)-c2ccccc21. The van der Waals surface area contributed by atoms with Crippen LogP contribution in [0.2, 0.25) is 0 Å². The zero-order valence-electron chi connectivity index (χ0n) is 24.7. The third-order valence-corrected chi connectivity index (χ3v) is 7.19. The van der Waals surface area contributed by atoms with Gasteiger partial charge in [-0.15, -0.1) is 5.10 Å². The molecule has 2 N–H and O–H groups in total. The van der Waals surface area contributed by atoms with Gasteiger partial charge in [-0.25, -0.2) is 4.68 Å². The average Bonchev–Trinajstić information content (AvgIpc) is 3.38. The van der Waals surface area contributed by atoms with Crippen LogP contribution in [0.5, 0.6) is 0 Å². The second kappa shape index (κ2) is 12.2. The van der Waals surface area contributed by atoms with Crippen molar-refractivity contribution in [2.24, 2.45) is 5.92 Å². The Hall–Kier alpha value is -4.05. The van der Waals surface area contributed by atoms with Gasteiger partial charge in [0, 0.05) is 36.6 Å². The van der Waals surface area contributed by atoms with Gasteiger partial charge in [0.2, 0.25) is 18.2 Å². The molecule has 41 heavy (non-hydrogen) atoms. The monoisotopic (exact) mass is 560 g/mol. The van der Waals surface area contributed by atoms with Crippen LogP contribution in [-0.2, 0) is 31.2 Å². The van der Waals surface area contributed by atoms with E-state index in [1.165, 1.54) is 0 Å². The molecule has 0 saturated heterocycles. The van der Waals surface area contributed by atoms with Crippen LogP contribution in [0.3, 0.4) is 0 Å². The third-order valence-electron chi connectivity index (χ3n) is 7.19. The first-order chi connectivity index (χ1) is 19.4. The second-order valence-electron chi connectivity index (χ2n) is 11.9. The van der Waals surface area contributed by atoms with Gasteiger partial charge in [0.15, 0.2) is 0 Å². The van der Waals surface area contributed by atoms with Crippen LogP contribution in [0, 0.1) is 5.92 Å². The summed E-state index contributed by atoms with van der Waals surface area (Å²) in [5.41, 5.74) is 3.79. The van der Waals surface area contributed by atoms with Gasteiger partial charge in [0.1, 0.15) is 5.69 Å². The zero-order chi connectivity index (χ0) is 29.8. The lowest BCUT2D eigenvalue weighted by atomic mass is 9.94. The number of fused-ring (bicyclic) bond motifs is 5. The van der Waals surface area contributed by atoms with E-state index in [1.54, 1.807) is 4.90 Å². The number of carbonyl (C=O) groups is 3. The summed E-state index contributed by atoms with van der Waals surface area (Å²) >= 11 is 0. The van der Waals surface area contributed by atoms with Gasteiger partial charge >= 0.3 is 0 Å². The zero-order valence-corrected chi connectivity index (χ0v) is 24.7. The first kappa shape index (κ1) is 29.9. The minimum absolute atomic E-state index is 0.0764. The summed E-state index contributed by atoms with van der Waals surface area (Å²) in [5, 5.41) is 14.8. The Kier molecular flexibility index (Phi) is 8.92. The molecular formula is C31H40N6O4. The molecule has 2 heterocycles. The first-order valence-electron chi connectivity index (χ1n) is 14.0. The number of ether oxygens (including phenoxy) is 1. The molecule has 0 saturated carbocycles. The van der Waals surface area contributed by atoms with Crippen LogP contribution in [0.4, 0.5) is 5.69 Å². The van der Waals surface area contributed by atoms with Crippen molar-refractivity contribution in [2.45, 2.75) is 65.6 Å². The average molecular weight is 561 g/mol. The topological polar surface area (TPSA) is 118 Å². The number of para-hydroxylation sites is 1. The molecule has 218 valence electrons. The summed E-state index contributed by atoms with van der Waals surface area (Å²) in [5.74, 6) is -0.311. The van der Waals surface area contributed by atoms with Crippen molar-refractivity contribution in [3.8, 4) is 22.5 Å². The van der Waals surface area contributed by atoms with Crippen LogP contribution in [0.1, 0.15) is 53.5 Å². The highest BCUT2D eigenvalue weighted by Gasteiger charge is 2.34. The van der Waals surface area contributed by atoms with Crippen LogP contribution >= 0.6 is 0 Å². The number of rotatable bonds is 11. The highest BCUT2D eigenvalue weighted by atomic mass is 16.5. The molecule has 0 bridgehead atoms. The summed E-state index contributed by atoms with van der Waals surface area (Å²) in [6, 6.07) is 15.7. The molecular weight excluding hydrogens is 520 g/mol. The van der Waals surface area contributed by atoms with Crippen molar-refractivity contribution in [1.29, 1.82) is 0 Å². The highest BCUT2D eigenvalue weighted by molar-refractivity contribution is 6.00. The van der Waals surface area contributed by atoms with Gasteiger partial charge in [-0.2, -0.15) is 0 Å². The van der Waals surface area contributed by atoms with Gasteiger partial charge in [-0.3, -0.25) is 14.4 Å². The maximum absolute atomic E-state index is 13.6. The highest BCUT2D eigenvalue weighted by Crippen LogP contribution is 2.42. The summed E-state index contributed by atoms with van der Waals surface area (Å²) in [4.78, 5) is 38.2. The molecule has 3 amide bonds. The Morgan fingerprint density at radius 1 is 1.05 bits per heavy atom. The smallest absolute Gasteiger partial charge is 0.229 e. The van der Waals surface area contributed by atoms with Gasteiger partial charge < -0.3 is 20.3 Å². The Morgan fingerprint density at radius 2 is 1.73 bits per heavy atom. The van der Waals surface area contributed by atoms with Gasteiger partial charge in [0.05, 0.1) is 35.7 Å². The van der Waals surface area contributed by atoms with E-state index >= 15 is 0 Å². The van der Waals surface area contributed by atoms with Gasteiger partial charge in [-0.1, -0.05) is 61.5 Å². The van der Waals surface area contributed by atoms with Crippen molar-refractivity contribution in [2.75, 3.05) is 24.6 Å². The van der Waals surface area contributed by atoms with E-state index in [9.17, 15) is 14.4 Å². The van der Waals surface area contributed by atoms with Crippen molar-refractivity contribution in [3.63, 3.8) is 0 Å². The van der Waals surface area contributed by atoms with Crippen LogP contribution in [-0.4, -0.2) is 58.5 Å². The maximum Gasteiger partial charge on any atom is 0.229 e. The number of benzene rings is 2. The summed E-state index contributed by atoms with van der Waals surface area (Å²) < 4.78 is 8.15. The summed E-state index contributed by atoms with van der Waals surface area (Å²) in [6.07, 6.45) is 0.842. The number of amides is 3. The largest absolute Gasteiger partial charge is 0.371 e. The Morgan fingerprint density at radius 3 is 2.44 bits per heavy atom. The molecule has 0 fully saturated rings. The molecule has 2 aromatic carbocycles. The van der Waals surface area contributed by atoms with Gasteiger partial charge in [0.25, 0.3) is 0 Å². The molecule has 3 aromatic rings. The molecule has 4 rings (SSSR count). The predicted molar refractivity (Wildman–Crippen MR) is 158 cm³/mol. The fraction of sp³-hybridized carbons (Fsp3) is 0.452. The summed E-state index contributed by atoms with van der Waals surface area (Å²) in [6.45, 7) is 12.9. The molecule has 0 atom stereocenters. The molecule has 0 radical (unpaired) electrons. The van der Waals surface area contributed by atoms with Crippen LogP contribution in [0.25, 0.3) is 22.5 Å². The molecule has 0 aliphatic carbocycles. The number of nitrogens with zero attached hydrogens (tertiary/aromatic N) is 4. The van der Waals surface area contributed by atoms with E-state index in [0.717, 1.165) is 28.1 Å². The van der Waals surface area contributed by atoms with Crippen molar-refractivity contribution < 1.29 is 19.1 Å². The molecule has 0 unspecified atom stereocenters. The van der Waals surface area contributed by atoms with Crippen LogP contribution in [0.15, 0.2) is 48.5 Å².